The number of carbonyl (C=O) groups excluding carboxylic acids is 1. The largest absolute Gasteiger partial charge is 0.292 e. The predicted octanol–water partition coefficient (Wildman–Crippen LogP) is 2.02. The van der Waals surface area contributed by atoms with Crippen molar-refractivity contribution in [3.05, 3.63) is 33.5 Å². The van der Waals surface area contributed by atoms with E-state index in [1.807, 2.05) is 17.5 Å². The van der Waals surface area contributed by atoms with Crippen molar-refractivity contribution in [1.29, 1.82) is 0 Å². The summed E-state index contributed by atoms with van der Waals surface area (Å²) in [4.78, 5) is 12.6. The van der Waals surface area contributed by atoms with Gasteiger partial charge in [-0.2, -0.15) is 0 Å². The summed E-state index contributed by atoms with van der Waals surface area (Å²) < 4.78 is 3.65. The maximum Gasteiger partial charge on any atom is 0.189 e. The second-order valence-corrected chi connectivity index (χ2v) is 4.11. The zero-order valence-corrected chi connectivity index (χ0v) is 8.27. The fourth-order valence-corrected chi connectivity index (χ4v) is 2.11. The normalized spacial score (nSPS) is 10.2. The van der Waals surface area contributed by atoms with Gasteiger partial charge < -0.3 is 0 Å². The van der Waals surface area contributed by atoms with Crippen molar-refractivity contribution in [3.8, 4) is 0 Å². The highest BCUT2D eigenvalue weighted by molar-refractivity contribution is 7.10. The molecule has 0 N–H and O–H groups in total. The molecule has 0 bridgehead atoms. The number of rotatable bonds is 3. The molecule has 13 heavy (non-hydrogen) atoms. The molecule has 3 nitrogen and oxygen atoms in total. The average Bonchev–Trinajstić information content (AvgIpc) is 2.74. The molecule has 2 rings (SSSR count). The van der Waals surface area contributed by atoms with Gasteiger partial charge in [-0.3, -0.25) is 4.79 Å². The fourth-order valence-electron chi connectivity index (χ4n) is 0.948. The highest BCUT2D eigenvalue weighted by Crippen LogP contribution is 2.12. The highest BCUT2D eigenvalue weighted by Gasteiger charge is 2.09. The Morgan fingerprint density at radius 1 is 1.54 bits per heavy atom. The molecule has 5 heteroatoms. The number of carbonyl (C=O) groups is 1. The molecule has 0 radical (unpaired) electrons. The molecule has 0 unspecified atom stereocenters. The maximum atomic E-state index is 11.5. The molecular formula is C8H6N2OS2. The fraction of sp³-hybridized carbons (Fsp3) is 0.125. The third-order valence-electron chi connectivity index (χ3n) is 1.56. The molecule has 0 aliphatic rings. The minimum absolute atomic E-state index is 0.0381. The van der Waals surface area contributed by atoms with Gasteiger partial charge in [-0.15, -0.1) is 16.4 Å². The summed E-state index contributed by atoms with van der Waals surface area (Å²) >= 11 is 2.78. The minimum Gasteiger partial charge on any atom is -0.292 e. The second-order valence-electron chi connectivity index (χ2n) is 2.47. The molecule has 66 valence electrons. The van der Waals surface area contributed by atoms with Crippen LogP contribution in [0.4, 0.5) is 0 Å². The first kappa shape index (κ1) is 8.52. The van der Waals surface area contributed by atoms with Crippen molar-refractivity contribution in [1.82, 2.24) is 9.59 Å². The molecule has 0 aromatic carbocycles. The Kier molecular flexibility index (Phi) is 2.47. The van der Waals surface area contributed by atoms with Gasteiger partial charge in [0.25, 0.3) is 0 Å². The zero-order chi connectivity index (χ0) is 9.10. The molecule has 2 aromatic rings. The first-order valence-corrected chi connectivity index (χ1v) is 5.40. The van der Waals surface area contributed by atoms with Gasteiger partial charge in [0.15, 0.2) is 5.78 Å². The van der Waals surface area contributed by atoms with E-state index < -0.39 is 0 Å². The molecular weight excluding hydrogens is 204 g/mol. The molecule has 0 saturated heterocycles. The Balaban J connectivity index is 2.08. The van der Waals surface area contributed by atoms with Crippen molar-refractivity contribution in [3.63, 3.8) is 0 Å². The number of thiophene rings is 1. The topological polar surface area (TPSA) is 42.9 Å². The molecule has 0 saturated carbocycles. The summed E-state index contributed by atoms with van der Waals surface area (Å²) in [6.45, 7) is 0. The number of hydrogen-bond acceptors (Lipinski definition) is 5. The van der Waals surface area contributed by atoms with Crippen LogP contribution in [0, 0.1) is 0 Å². The Morgan fingerprint density at radius 2 is 2.46 bits per heavy atom. The summed E-state index contributed by atoms with van der Waals surface area (Å²) in [5.41, 5.74) is 0.471. The van der Waals surface area contributed by atoms with Crippen LogP contribution in [0.5, 0.6) is 0 Å². The van der Waals surface area contributed by atoms with Crippen LogP contribution in [-0.2, 0) is 6.42 Å². The number of ketones is 1. The van der Waals surface area contributed by atoms with Crippen molar-refractivity contribution in [2.24, 2.45) is 0 Å². The highest BCUT2D eigenvalue weighted by atomic mass is 32.1. The van der Waals surface area contributed by atoms with Crippen LogP contribution >= 0.6 is 22.9 Å². The van der Waals surface area contributed by atoms with Gasteiger partial charge in [-0.25, -0.2) is 0 Å². The van der Waals surface area contributed by atoms with Crippen molar-refractivity contribution >= 4 is 28.7 Å². The Bertz CT molecular complexity index is 380. The van der Waals surface area contributed by atoms with E-state index in [0.717, 1.165) is 4.88 Å². The van der Waals surface area contributed by atoms with Gasteiger partial charge in [-0.1, -0.05) is 10.6 Å². The van der Waals surface area contributed by atoms with Crippen molar-refractivity contribution in [2.45, 2.75) is 6.42 Å². The van der Waals surface area contributed by atoms with Gasteiger partial charge in [0.1, 0.15) is 5.69 Å². The third-order valence-corrected chi connectivity index (χ3v) is 2.94. The van der Waals surface area contributed by atoms with Crippen LogP contribution in [0.3, 0.4) is 0 Å². The third kappa shape index (κ3) is 1.99. The van der Waals surface area contributed by atoms with E-state index in [1.165, 1.54) is 11.5 Å². The summed E-state index contributed by atoms with van der Waals surface area (Å²) in [6, 6.07) is 3.88. The van der Waals surface area contributed by atoms with E-state index in [1.54, 1.807) is 16.7 Å². The summed E-state index contributed by atoms with van der Waals surface area (Å²) in [5, 5.41) is 7.36. The molecule has 2 heterocycles. The van der Waals surface area contributed by atoms with Crippen LogP contribution in [0.2, 0.25) is 0 Å². The van der Waals surface area contributed by atoms with E-state index in [0.29, 0.717) is 12.1 Å². The Hall–Kier alpha value is -1.07. The zero-order valence-electron chi connectivity index (χ0n) is 6.64. The number of nitrogens with zero attached hydrogens (tertiary/aromatic N) is 2. The van der Waals surface area contributed by atoms with Crippen LogP contribution in [0.15, 0.2) is 22.9 Å². The average molecular weight is 210 g/mol. The number of hydrogen-bond donors (Lipinski definition) is 0. The Morgan fingerprint density at radius 3 is 3.08 bits per heavy atom. The van der Waals surface area contributed by atoms with Gasteiger partial charge in [0, 0.05) is 16.7 Å². The lowest BCUT2D eigenvalue weighted by molar-refractivity contribution is 0.0989. The van der Waals surface area contributed by atoms with Crippen LogP contribution in [0.1, 0.15) is 15.4 Å². The van der Waals surface area contributed by atoms with Crippen LogP contribution in [0.25, 0.3) is 0 Å². The molecule has 0 spiro atoms. The maximum absolute atomic E-state index is 11.5. The van der Waals surface area contributed by atoms with Crippen molar-refractivity contribution in [2.75, 3.05) is 0 Å². The first-order chi connectivity index (χ1) is 6.36. The number of aromatic nitrogens is 2. The lowest BCUT2D eigenvalue weighted by atomic mass is 10.2. The van der Waals surface area contributed by atoms with E-state index in [4.69, 9.17) is 0 Å². The van der Waals surface area contributed by atoms with Gasteiger partial charge in [0.2, 0.25) is 0 Å². The van der Waals surface area contributed by atoms with Gasteiger partial charge >= 0.3 is 0 Å². The van der Waals surface area contributed by atoms with E-state index in [9.17, 15) is 4.79 Å². The first-order valence-electron chi connectivity index (χ1n) is 3.69. The molecule has 0 aliphatic heterocycles. The number of Topliss-reactive ketones (excluding diaryl/α,β-unsaturated/α-hetero) is 1. The van der Waals surface area contributed by atoms with Crippen molar-refractivity contribution < 1.29 is 4.79 Å². The Labute approximate surface area is 83.2 Å². The lowest BCUT2D eigenvalue weighted by Crippen LogP contribution is -2.02. The van der Waals surface area contributed by atoms with E-state index in [-0.39, 0.29) is 5.78 Å². The SMILES string of the molecule is O=C(Cc1cccs1)c1csnn1. The lowest BCUT2D eigenvalue weighted by Gasteiger charge is -1.91. The molecule has 0 aliphatic carbocycles. The van der Waals surface area contributed by atoms with Gasteiger partial charge in [0.05, 0.1) is 0 Å². The smallest absolute Gasteiger partial charge is 0.189 e. The van der Waals surface area contributed by atoms with Crippen LogP contribution in [-0.4, -0.2) is 15.4 Å². The summed E-state index contributed by atoms with van der Waals surface area (Å²) in [7, 11) is 0. The monoisotopic (exact) mass is 210 g/mol. The molecule has 0 fully saturated rings. The minimum atomic E-state index is 0.0381. The van der Waals surface area contributed by atoms with Gasteiger partial charge in [-0.05, 0) is 23.0 Å². The summed E-state index contributed by atoms with van der Waals surface area (Å²) in [5.74, 6) is 0.0381. The quantitative estimate of drug-likeness (QED) is 0.728. The molecule has 0 atom stereocenters. The summed E-state index contributed by atoms with van der Waals surface area (Å²) in [6.07, 6.45) is 0.434. The van der Waals surface area contributed by atoms with E-state index in [2.05, 4.69) is 9.59 Å². The van der Waals surface area contributed by atoms with E-state index >= 15 is 0 Å². The molecule has 2 aromatic heterocycles. The van der Waals surface area contributed by atoms with Crippen LogP contribution < -0.4 is 0 Å². The standard InChI is InChI=1S/C8H6N2OS2/c11-8(7-5-13-10-9-7)4-6-2-1-3-12-6/h1-3,5H,4H2. The molecule has 0 amide bonds. The second kappa shape index (κ2) is 3.76. The predicted molar refractivity (Wildman–Crippen MR) is 52.3 cm³/mol.